The molecule has 0 spiro atoms. The van der Waals surface area contributed by atoms with Crippen LogP contribution in [-0.4, -0.2) is 39.3 Å². The van der Waals surface area contributed by atoms with E-state index in [2.05, 4.69) is 4.99 Å². The summed E-state index contributed by atoms with van der Waals surface area (Å²) in [5.41, 5.74) is 1.52. The lowest BCUT2D eigenvalue weighted by Crippen LogP contribution is -2.41. The first-order valence-corrected chi connectivity index (χ1v) is 7.15. The third kappa shape index (κ3) is 3.13. The van der Waals surface area contributed by atoms with Crippen molar-refractivity contribution in [3.05, 3.63) is 28.8 Å². The number of amidine groups is 1. The molecule has 1 aromatic rings. The van der Waals surface area contributed by atoms with Crippen molar-refractivity contribution in [1.82, 2.24) is 4.90 Å². The molecule has 1 aromatic carbocycles. The highest BCUT2D eigenvalue weighted by molar-refractivity contribution is 8.15. The first-order chi connectivity index (χ1) is 9.38. The lowest BCUT2D eigenvalue weighted by molar-refractivity contribution is -0.139. The van der Waals surface area contributed by atoms with Gasteiger partial charge >= 0.3 is 5.97 Å². The Morgan fingerprint density at radius 2 is 2.25 bits per heavy atom. The molecule has 0 aliphatic carbocycles. The number of nitrogens with zero attached hydrogens (tertiary/aromatic N) is 2. The number of rotatable bonds is 2. The Hall–Kier alpha value is -1.53. The molecule has 1 aliphatic heterocycles. The first kappa shape index (κ1) is 14.9. The molecule has 1 N–H and O–H groups in total. The van der Waals surface area contributed by atoms with Crippen molar-refractivity contribution >= 4 is 46.1 Å². The monoisotopic (exact) mass is 312 g/mol. The van der Waals surface area contributed by atoms with Gasteiger partial charge < -0.3 is 5.11 Å². The lowest BCUT2D eigenvalue weighted by atomic mass is 10.2. The van der Waals surface area contributed by atoms with E-state index in [1.165, 1.54) is 4.90 Å². The van der Waals surface area contributed by atoms with Gasteiger partial charge in [-0.05, 0) is 24.6 Å². The molecule has 7 heteroatoms. The van der Waals surface area contributed by atoms with E-state index in [1.54, 1.807) is 19.2 Å². The van der Waals surface area contributed by atoms with Crippen LogP contribution >= 0.6 is 23.4 Å². The molecule has 0 unspecified atom stereocenters. The van der Waals surface area contributed by atoms with Gasteiger partial charge in [-0.15, -0.1) is 0 Å². The van der Waals surface area contributed by atoms with Gasteiger partial charge in [0.15, 0.2) is 5.17 Å². The summed E-state index contributed by atoms with van der Waals surface area (Å²) in [4.78, 5) is 28.5. The molecule has 0 saturated carbocycles. The van der Waals surface area contributed by atoms with Gasteiger partial charge in [0.05, 0.1) is 12.1 Å². The predicted octanol–water partition coefficient (Wildman–Crippen LogP) is 2.68. The van der Waals surface area contributed by atoms with E-state index in [-0.39, 0.29) is 12.3 Å². The molecule has 1 saturated heterocycles. The van der Waals surface area contributed by atoms with Crippen LogP contribution in [0.15, 0.2) is 23.2 Å². The molecular formula is C13H13ClN2O3S. The van der Waals surface area contributed by atoms with Crippen LogP contribution in [0.2, 0.25) is 5.02 Å². The number of carbonyl (C=O) groups is 2. The van der Waals surface area contributed by atoms with Gasteiger partial charge in [-0.25, -0.2) is 4.99 Å². The zero-order valence-electron chi connectivity index (χ0n) is 11.0. The summed E-state index contributed by atoms with van der Waals surface area (Å²) in [5.74, 6) is -1.26. The number of hydrogen-bond donors (Lipinski definition) is 1. The van der Waals surface area contributed by atoms with E-state index in [0.717, 1.165) is 17.3 Å². The van der Waals surface area contributed by atoms with Gasteiger partial charge in [-0.2, -0.15) is 0 Å². The standard InChI is InChI=1S/C13H13ClN2O3S/c1-7-3-4-8(5-9(7)14)15-13-16(2)11(17)6-10(20-13)12(18)19/h3-5,10H,6H2,1-2H3,(H,18,19)/t10-/m0/s1. The Morgan fingerprint density at radius 3 is 2.85 bits per heavy atom. The molecule has 20 heavy (non-hydrogen) atoms. The smallest absolute Gasteiger partial charge is 0.317 e. The molecule has 1 heterocycles. The molecule has 1 aliphatic rings. The Balaban J connectivity index is 2.32. The topological polar surface area (TPSA) is 70.0 Å². The Bertz CT molecular complexity index is 603. The number of thioether (sulfide) groups is 1. The maximum absolute atomic E-state index is 11.8. The molecule has 5 nitrogen and oxygen atoms in total. The second kappa shape index (κ2) is 5.85. The Kier molecular flexibility index (Phi) is 4.35. The van der Waals surface area contributed by atoms with Crippen LogP contribution in [0.4, 0.5) is 5.69 Å². The van der Waals surface area contributed by atoms with Crippen molar-refractivity contribution in [2.45, 2.75) is 18.6 Å². The van der Waals surface area contributed by atoms with Crippen LogP contribution in [0.5, 0.6) is 0 Å². The number of aliphatic carboxylic acids is 1. The van der Waals surface area contributed by atoms with Gasteiger partial charge in [0.25, 0.3) is 0 Å². The average molecular weight is 313 g/mol. The second-order valence-electron chi connectivity index (χ2n) is 4.43. The number of benzene rings is 1. The largest absolute Gasteiger partial charge is 0.480 e. The number of hydrogen-bond acceptors (Lipinski definition) is 4. The highest BCUT2D eigenvalue weighted by Crippen LogP contribution is 2.29. The summed E-state index contributed by atoms with van der Waals surface area (Å²) in [7, 11) is 1.59. The van der Waals surface area contributed by atoms with Crippen molar-refractivity contribution in [3.8, 4) is 0 Å². The maximum Gasteiger partial charge on any atom is 0.317 e. The van der Waals surface area contributed by atoms with Gasteiger partial charge in [-0.3, -0.25) is 14.5 Å². The number of halogens is 1. The number of carboxylic acid groups (broad SMARTS) is 1. The molecule has 1 atom stereocenters. The number of aliphatic imine (C=N–C) groups is 1. The number of aryl methyl sites for hydroxylation is 1. The van der Waals surface area contributed by atoms with Crippen LogP contribution in [0, 0.1) is 6.92 Å². The molecule has 0 aromatic heterocycles. The molecule has 0 bridgehead atoms. The third-order valence-corrected chi connectivity index (χ3v) is 4.56. The van der Waals surface area contributed by atoms with E-state index < -0.39 is 11.2 Å². The zero-order valence-corrected chi connectivity index (χ0v) is 12.5. The lowest BCUT2D eigenvalue weighted by Gasteiger charge is -2.27. The molecule has 0 radical (unpaired) electrons. The van der Waals surface area contributed by atoms with Gasteiger partial charge in [0.1, 0.15) is 5.25 Å². The molecule has 106 valence electrons. The minimum absolute atomic E-state index is 0.0236. The average Bonchev–Trinajstić information content (AvgIpc) is 2.38. The fraction of sp³-hybridized carbons (Fsp3) is 0.308. The van der Waals surface area contributed by atoms with Crippen LogP contribution in [0.3, 0.4) is 0 Å². The van der Waals surface area contributed by atoms with Crippen molar-refractivity contribution in [2.75, 3.05) is 7.05 Å². The quantitative estimate of drug-likeness (QED) is 0.911. The first-order valence-electron chi connectivity index (χ1n) is 5.89. The predicted molar refractivity (Wildman–Crippen MR) is 79.7 cm³/mol. The highest BCUT2D eigenvalue weighted by atomic mass is 35.5. The second-order valence-corrected chi connectivity index (χ2v) is 6.01. The van der Waals surface area contributed by atoms with Crippen molar-refractivity contribution in [1.29, 1.82) is 0 Å². The van der Waals surface area contributed by atoms with Crippen LogP contribution in [-0.2, 0) is 9.59 Å². The molecule has 2 rings (SSSR count). The Morgan fingerprint density at radius 1 is 1.55 bits per heavy atom. The molecule has 1 fully saturated rings. The summed E-state index contributed by atoms with van der Waals surface area (Å²) >= 11 is 7.09. The van der Waals surface area contributed by atoms with Crippen LogP contribution < -0.4 is 0 Å². The van der Waals surface area contributed by atoms with E-state index in [1.807, 2.05) is 13.0 Å². The van der Waals surface area contributed by atoms with E-state index in [9.17, 15) is 9.59 Å². The number of carbonyl (C=O) groups excluding carboxylic acids is 1. The van der Waals surface area contributed by atoms with Crippen LogP contribution in [0.25, 0.3) is 0 Å². The summed E-state index contributed by atoms with van der Waals surface area (Å²) in [6.07, 6.45) is -0.0236. The summed E-state index contributed by atoms with van der Waals surface area (Å²) in [6, 6.07) is 5.29. The fourth-order valence-electron chi connectivity index (χ4n) is 1.65. The molecular weight excluding hydrogens is 300 g/mol. The van der Waals surface area contributed by atoms with Crippen molar-refractivity contribution in [2.24, 2.45) is 4.99 Å². The van der Waals surface area contributed by atoms with E-state index >= 15 is 0 Å². The SMILES string of the molecule is Cc1ccc(N=C2S[C@H](C(=O)O)CC(=O)N2C)cc1Cl. The fourth-order valence-corrected chi connectivity index (χ4v) is 2.83. The van der Waals surface area contributed by atoms with E-state index in [4.69, 9.17) is 16.7 Å². The number of amides is 1. The van der Waals surface area contributed by atoms with Crippen molar-refractivity contribution in [3.63, 3.8) is 0 Å². The van der Waals surface area contributed by atoms with Gasteiger partial charge in [-0.1, -0.05) is 29.4 Å². The van der Waals surface area contributed by atoms with Crippen LogP contribution in [0.1, 0.15) is 12.0 Å². The zero-order chi connectivity index (χ0) is 14.9. The summed E-state index contributed by atoms with van der Waals surface area (Å²) < 4.78 is 0. The Labute approximate surface area is 125 Å². The van der Waals surface area contributed by atoms with Crippen molar-refractivity contribution < 1.29 is 14.7 Å². The normalized spacial score (nSPS) is 21.4. The minimum atomic E-state index is -1.01. The summed E-state index contributed by atoms with van der Waals surface area (Å²) in [6.45, 7) is 1.88. The minimum Gasteiger partial charge on any atom is -0.480 e. The summed E-state index contributed by atoms with van der Waals surface area (Å²) in [5, 5.41) is 9.19. The third-order valence-electron chi connectivity index (χ3n) is 2.92. The molecule has 1 amide bonds. The van der Waals surface area contributed by atoms with E-state index in [0.29, 0.717) is 15.9 Å². The van der Waals surface area contributed by atoms with Gasteiger partial charge in [0, 0.05) is 12.1 Å². The maximum atomic E-state index is 11.8. The number of carboxylic acids is 1. The van der Waals surface area contributed by atoms with Gasteiger partial charge in [0.2, 0.25) is 5.91 Å². The highest BCUT2D eigenvalue weighted by Gasteiger charge is 2.33.